The molecule has 0 aliphatic carbocycles. The molecule has 0 aromatic carbocycles. The van der Waals surface area contributed by atoms with Crippen LogP contribution in [0.15, 0.2) is 0 Å². The van der Waals surface area contributed by atoms with Crippen molar-refractivity contribution in [3.63, 3.8) is 0 Å². The van der Waals surface area contributed by atoms with Crippen molar-refractivity contribution in [3.8, 4) is 0 Å². The highest BCUT2D eigenvalue weighted by molar-refractivity contribution is 5.83. The van der Waals surface area contributed by atoms with Crippen LogP contribution in [0.2, 0.25) is 0 Å². The summed E-state index contributed by atoms with van der Waals surface area (Å²) in [5.74, 6) is -5.02. The molecule has 158 valence electrons. The van der Waals surface area contributed by atoms with E-state index in [1.54, 1.807) is 0 Å². The number of ether oxygens (including phenoxy) is 2. The number of carbonyl (C=O) groups excluding carboxylic acids is 2. The fourth-order valence-electron chi connectivity index (χ4n) is 2.91. The molecule has 11 heteroatoms. The lowest BCUT2D eigenvalue weighted by Gasteiger charge is -2.44. The molecule has 11 nitrogen and oxygen atoms in total. The molecule has 9 N–H and O–H groups in total. The first-order valence-electron chi connectivity index (χ1n) is 8.60. The minimum absolute atomic E-state index is 0.272. The summed E-state index contributed by atoms with van der Waals surface area (Å²) in [4.78, 5) is 23.4. The van der Waals surface area contributed by atoms with Crippen molar-refractivity contribution >= 4 is 11.8 Å². The van der Waals surface area contributed by atoms with Crippen LogP contribution < -0.4 is 11.5 Å². The van der Waals surface area contributed by atoms with Gasteiger partial charge in [-0.2, -0.15) is 0 Å². The molecule has 0 spiro atoms. The van der Waals surface area contributed by atoms with Crippen molar-refractivity contribution in [1.29, 1.82) is 0 Å². The number of rotatable bonds is 8. The Balaban J connectivity index is 2.80. The minimum Gasteiger partial charge on any atom is -0.461 e. The monoisotopic (exact) mass is 394 g/mol. The second-order valence-corrected chi connectivity index (χ2v) is 7.18. The molecular formula is C16H30N2O9. The van der Waals surface area contributed by atoms with Crippen LogP contribution in [-0.4, -0.2) is 85.9 Å². The SMILES string of the molecule is CC(=O)C1(O)CC(O)C(C(C)O)C(C[C@H](O)COC(=O)C(N)(N)[C@H](C)O)O1. The maximum absolute atomic E-state index is 11.8. The number of Topliss-reactive ketones (excluding diaryl/α,β-unsaturated/α-hetero) is 1. The van der Waals surface area contributed by atoms with E-state index >= 15 is 0 Å². The van der Waals surface area contributed by atoms with Crippen LogP contribution in [0.3, 0.4) is 0 Å². The Labute approximate surface area is 156 Å². The molecule has 1 aliphatic rings. The molecule has 27 heavy (non-hydrogen) atoms. The van der Waals surface area contributed by atoms with Crippen molar-refractivity contribution in [2.24, 2.45) is 17.4 Å². The fraction of sp³-hybridized carbons (Fsp3) is 0.875. The first-order chi connectivity index (χ1) is 12.2. The third-order valence-electron chi connectivity index (χ3n) is 4.77. The van der Waals surface area contributed by atoms with Gasteiger partial charge in [-0.05, 0) is 13.8 Å². The van der Waals surface area contributed by atoms with E-state index in [4.69, 9.17) is 20.9 Å². The molecule has 1 heterocycles. The van der Waals surface area contributed by atoms with E-state index in [9.17, 15) is 35.1 Å². The van der Waals surface area contributed by atoms with Crippen molar-refractivity contribution in [2.45, 2.75) is 75.6 Å². The van der Waals surface area contributed by atoms with Crippen LogP contribution in [-0.2, 0) is 19.1 Å². The number of nitrogens with two attached hydrogens (primary N) is 2. The third kappa shape index (κ3) is 5.65. The van der Waals surface area contributed by atoms with Crippen molar-refractivity contribution < 1.29 is 44.6 Å². The lowest BCUT2D eigenvalue weighted by Crippen LogP contribution is -2.64. The summed E-state index contributed by atoms with van der Waals surface area (Å²) < 4.78 is 10.1. The Morgan fingerprint density at radius 3 is 2.30 bits per heavy atom. The highest BCUT2D eigenvalue weighted by atomic mass is 16.6. The number of aliphatic hydroxyl groups is 5. The zero-order chi connectivity index (χ0) is 21.2. The van der Waals surface area contributed by atoms with Gasteiger partial charge in [-0.3, -0.25) is 4.79 Å². The summed E-state index contributed by atoms with van der Waals surface area (Å²) in [6.07, 6.45) is -6.86. The standard InChI is InChI=1S/C16H30N2O9/c1-7(19)13-11(23)5-15(25,8(2)20)27-12(13)4-10(22)6-26-14(24)16(17,18)9(3)21/h7,9-13,19,21-23,25H,4-6,17-18H2,1-3H3/t7?,9-,10-,11?,12?,13?,15?/m0/s1. The number of carbonyl (C=O) groups is 2. The molecule has 0 aromatic heterocycles. The van der Waals surface area contributed by atoms with Crippen LogP contribution >= 0.6 is 0 Å². The number of ketones is 1. The number of hydrogen-bond donors (Lipinski definition) is 7. The van der Waals surface area contributed by atoms with Crippen LogP contribution in [0.25, 0.3) is 0 Å². The lowest BCUT2D eigenvalue weighted by atomic mass is 9.81. The van der Waals surface area contributed by atoms with Gasteiger partial charge < -0.3 is 46.5 Å². The summed E-state index contributed by atoms with van der Waals surface area (Å²) in [5.41, 5.74) is 8.71. The number of esters is 1. The zero-order valence-corrected chi connectivity index (χ0v) is 15.6. The maximum Gasteiger partial charge on any atom is 0.343 e. The van der Waals surface area contributed by atoms with Crippen LogP contribution in [0.4, 0.5) is 0 Å². The van der Waals surface area contributed by atoms with E-state index in [1.807, 2.05) is 0 Å². The first-order valence-corrected chi connectivity index (χ1v) is 8.60. The van der Waals surface area contributed by atoms with E-state index in [0.717, 1.165) is 6.92 Å². The third-order valence-corrected chi connectivity index (χ3v) is 4.77. The normalized spacial score (nSPS) is 32.4. The van der Waals surface area contributed by atoms with Gasteiger partial charge in [0, 0.05) is 25.7 Å². The second kappa shape index (κ2) is 8.88. The smallest absolute Gasteiger partial charge is 0.343 e. The summed E-state index contributed by atoms with van der Waals surface area (Å²) in [7, 11) is 0. The van der Waals surface area contributed by atoms with Crippen LogP contribution in [0.5, 0.6) is 0 Å². The van der Waals surface area contributed by atoms with Gasteiger partial charge in [-0.1, -0.05) is 0 Å². The summed E-state index contributed by atoms with van der Waals surface area (Å²) >= 11 is 0. The molecule has 0 aromatic rings. The van der Waals surface area contributed by atoms with Gasteiger partial charge in [-0.25, -0.2) is 4.79 Å². The molecule has 1 rings (SSSR count). The molecule has 1 aliphatic heterocycles. The quantitative estimate of drug-likeness (QED) is 0.160. The Morgan fingerprint density at radius 1 is 1.30 bits per heavy atom. The lowest BCUT2D eigenvalue weighted by molar-refractivity contribution is -0.285. The molecule has 5 unspecified atom stereocenters. The Bertz CT molecular complexity index is 540. The highest BCUT2D eigenvalue weighted by Gasteiger charge is 2.50. The average Bonchev–Trinajstić information content (AvgIpc) is 2.50. The molecular weight excluding hydrogens is 364 g/mol. The van der Waals surface area contributed by atoms with E-state index in [1.165, 1.54) is 13.8 Å². The summed E-state index contributed by atoms with van der Waals surface area (Å²) in [6.45, 7) is 3.12. The van der Waals surface area contributed by atoms with Crippen molar-refractivity contribution in [2.75, 3.05) is 6.61 Å². The first kappa shape index (κ1) is 23.9. The number of aliphatic hydroxyl groups excluding tert-OH is 4. The van der Waals surface area contributed by atoms with Gasteiger partial charge in [0.05, 0.1) is 30.5 Å². The summed E-state index contributed by atoms with van der Waals surface area (Å²) in [6, 6.07) is 0. The zero-order valence-electron chi connectivity index (χ0n) is 15.6. The second-order valence-electron chi connectivity index (χ2n) is 7.18. The van der Waals surface area contributed by atoms with E-state index in [-0.39, 0.29) is 6.42 Å². The average molecular weight is 394 g/mol. The van der Waals surface area contributed by atoms with Crippen LogP contribution in [0, 0.1) is 5.92 Å². The Hall–Kier alpha value is -1.18. The van der Waals surface area contributed by atoms with Crippen molar-refractivity contribution in [1.82, 2.24) is 0 Å². The highest BCUT2D eigenvalue weighted by Crippen LogP contribution is 2.36. The molecule has 0 saturated carbocycles. The summed E-state index contributed by atoms with van der Waals surface area (Å²) in [5, 5.41) is 49.8. The van der Waals surface area contributed by atoms with Crippen LogP contribution in [0.1, 0.15) is 33.6 Å². The Morgan fingerprint density at radius 2 is 1.85 bits per heavy atom. The fourth-order valence-corrected chi connectivity index (χ4v) is 2.91. The van der Waals surface area contributed by atoms with Gasteiger partial charge in [0.25, 0.3) is 0 Å². The van der Waals surface area contributed by atoms with E-state index < -0.39 is 72.7 Å². The van der Waals surface area contributed by atoms with Gasteiger partial charge >= 0.3 is 5.97 Å². The maximum atomic E-state index is 11.8. The van der Waals surface area contributed by atoms with Gasteiger partial charge in [0.1, 0.15) is 6.61 Å². The molecule has 7 atom stereocenters. The molecule has 0 bridgehead atoms. The topological polar surface area (TPSA) is 206 Å². The molecule has 1 fully saturated rings. The van der Waals surface area contributed by atoms with Gasteiger partial charge in [-0.15, -0.1) is 0 Å². The molecule has 0 radical (unpaired) electrons. The Kier molecular flexibility index (Phi) is 7.85. The van der Waals surface area contributed by atoms with E-state index in [0.29, 0.717) is 0 Å². The molecule has 1 saturated heterocycles. The van der Waals surface area contributed by atoms with Gasteiger partial charge in [0.15, 0.2) is 11.4 Å². The largest absolute Gasteiger partial charge is 0.461 e. The predicted octanol–water partition coefficient (Wildman–Crippen LogP) is -3.30. The van der Waals surface area contributed by atoms with Crippen molar-refractivity contribution in [3.05, 3.63) is 0 Å². The van der Waals surface area contributed by atoms with Gasteiger partial charge in [0.2, 0.25) is 5.79 Å². The number of hydrogen-bond acceptors (Lipinski definition) is 11. The molecule has 0 amide bonds. The minimum atomic E-state index is -2.25. The van der Waals surface area contributed by atoms with E-state index in [2.05, 4.69) is 0 Å². The predicted molar refractivity (Wildman–Crippen MR) is 90.7 cm³/mol.